The molecule has 2 atom stereocenters. The van der Waals surface area contributed by atoms with Crippen molar-refractivity contribution in [2.75, 3.05) is 6.61 Å². The minimum atomic E-state index is -1.01. The lowest BCUT2D eigenvalue weighted by Crippen LogP contribution is -2.41. The van der Waals surface area contributed by atoms with Crippen molar-refractivity contribution in [3.8, 4) is 0 Å². The van der Waals surface area contributed by atoms with Gasteiger partial charge in [-0.3, -0.25) is 4.79 Å². The molecule has 0 aliphatic carbocycles. The maximum Gasteiger partial charge on any atom is 0.347 e. The smallest absolute Gasteiger partial charge is 0.347 e. The third-order valence-corrected chi connectivity index (χ3v) is 2.75. The highest BCUT2D eigenvalue weighted by molar-refractivity contribution is 5.83. The Bertz CT molecular complexity index is 474. The molecule has 0 radical (unpaired) electrons. The van der Waals surface area contributed by atoms with Gasteiger partial charge in [-0.05, 0) is 19.4 Å². The minimum Gasteiger partial charge on any atom is -0.463 e. The molecule has 2 unspecified atom stereocenters. The number of rotatable bonds is 8. The van der Waals surface area contributed by atoms with Crippen molar-refractivity contribution in [3.05, 3.63) is 35.9 Å². The van der Waals surface area contributed by atoms with Gasteiger partial charge in [0.2, 0.25) is 6.41 Å². The Morgan fingerprint density at radius 1 is 1.24 bits per heavy atom. The van der Waals surface area contributed by atoms with Crippen LogP contribution in [0.15, 0.2) is 30.3 Å². The maximum absolute atomic E-state index is 12.0. The second-order valence-electron chi connectivity index (χ2n) is 4.36. The molecule has 1 rings (SSSR count). The summed E-state index contributed by atoms with van der Waals surface area (Å²) in [6.45, 7) is 3.30. The summed E-state index contributed by atoms with van der Waals surface area (Å²) >= 11 is 0. The fraction of sp³-hybridized carbons (Fsp3) is 0.400. The van der Waals surface area contributed by atoms with Crippen molar-refractivity contribution in [1.29, 1.82) is 0 Å². The molecule has 1 aromatic carbocycles. The van der Waals surface area contributed by atoms with Gasteiger partial charge in [-0.25, -0.2) is 9.59 Å². The third kappa shape index (κ3) is 5.64. The van der Waals surface area contributed by atoms with Crippen molar-refractivity contribution in [1.82, 2.24) is 5.32 Å². The lowest BCUT2D eigenvalue weighted by Gasteiger charge is -2.18. The first-order valence-corrected chi connectivity index (χ1v) is 6.69. The van der Waals surface area contributed by atoms with Gasteiger partial charge in [0.1, 0.15) is 6.04 Å². The number of nitrogens with one attached hydrogen (secondary N) is 1. The molecule has 0 spiro atoms. The van der Waals surface area contributed by atoms with E-state index in [0.717, 1.165) is 5.56 Å². The summed E-state index contributed by atoms with van der Waals surface area (Å²) in [5.41, 5.74) is 0.873. The standard InChI is InChI=1S/C15H19NO5/c1-3-20-14(18)11(2)21-15(19)13(16-10-17)9-12-7-5-4-6-8-12/h4-8,10-11,13H,3,9H2,1-2H3,(H,16,17). The molecule has 1 amide bonds. The molecule has 6 heteroatoms. The van der Waals surface area contributed by atoms with Crippen LogP contribution in [0.5, 0.6) is 0 Å². The highest BCUT2D eigenvalue weighted by atomic mass is 16.6. The molecule has 114 valence electrons. The molecule has 21 heavy (non-hydrogen) atoms. The van der Waals surface area contributed by atoms with Crippen LogP contribution in [0.1, 0.15) is 19.4 Å². The highest BCUT2D eigenvalue weighted by Gasteiger charge is 2.25. The van der Waals surface area contributed by atoms with Crippen LogP contribution in [0.25, 0.3) is 0 Å². The predicted octanol–water partition coefficient (Wildman–Crippen LogP) is 0.838. The molecule has 6 nitrogen and oxygen atoms in total. The Hall–Kier alpha value is -2.37. The molecule has 0 fully saturated rings. The maximum atomic E-state index is 12.0. The van der Waals surface area contributed by atoms with Gasteiger partial charge < -0.3 is 14.8 Å². The fourth-order valence-corrected chi connectivity index (χ4v) is 1.71. The van der Waals surface area contributed by atoms with E-state index in [1.54, 1.807) is 6.92 Å². The first-order chi connectivity index (χ1) is 10.1. The summed E-state index contributed by atoms with van der Waals surface area (Å²) < 4.78 is 9.77. The lowest BCUT2D eigenvalue weighted by molar-refractivity contribution is -0.167. The zero-order chi connectivity index (χ0) is 15.7. The number of amides is 1. The number of ether oxygens (including phenoxy) is 2. The average Bonchev–Trinajstić information content (AvgIpc) is 2.48. The minimum absolute atomic E-state index is 0.209. The second-order valence-corrected chi connectivity index (χ2v) is 4.36. The van der Waals surface area contributed by atoms with Crippen molar-refractivity contribution >= 4 is 18.3 Å². The van der Waals surface area contributed by atoms with E-state index in [0.29, 0.717) is 6.41 Å². The summed E-state index contributed by atoms with van der Waals surface area (Å²) in [6, 6.07) is 8.34. The van der Waals surface area contributed by atoms with Crippen molar-refractivity contribution in [2.45, 2.75) is 32.4 Å². The van der Waals surface area contributed by atoms with E-state index in [1.807, 2.05) is 30.3 Å². The van der Waals surface area contributed by atoms with Crippen LogP contribution in [-0.4, -0.2) is 37.1 Å². The fourth-order valence-electron chi connectivity index (χ4n) is 1.71. The molecule has 1 aromatic rings. The molecule has 0 bridgehead atoms. The lowest BCUT2D eigenvalue weighted by atomic mass is 10.1. The van der Waals surface area contributed by atoms with Gasteiger partial charge in [-0.15, -0.1) is 0 Å². The van der Waals surface area contributed by atoms with Gasteiger partial charge >= 0.3 is 11.9 Å². The summed E-state index contributed by atoms with van der Waals surface area (Å²) in [4.78, 5) is 34.1. The number of esters is 2. The normalized spacial score (nSPS) is 12.9. The van der Waals surface area contributed by atoms with Crippen LogP contribution in [0.4, 0.5) is 0 Å². The van der Waals surface area contributed by atoms with Gasteiger partial charge in [0.15, 0.2) is 6.10 Å². The van der Waals surface area contributed by atoms with E-state index >= 15 is 0 Å². The van der Waals surface area contributed by atoms with E-state index in [4.69, 9.17) is 9.47 Å². The van der Waals surface area contributed by atoms with E-state index in [9.17, 15) is 14.4 Å². The van der Waals surface area contributed by atoms with E-state index < -0.39 is 24.1 Å². The van der Waals surface area contributed by atoms with E-state index in [1.165, 1.54) is 6.92 Å². The third-order valence-electron chi connectivity index (χ3n) is 2.75. The van der Waals surface area contributed by atoms with Crippen LogP contribution >= 0.6 is 0 Å². The van der Waals surface area contributed by atoms with Crippen LogP contribution in [0.3, 0.4) is 0 Å². The average molecular weight is 293 g/mol. The Morgan fingerprint density at radius 3 is 2.48 bits per heavy atom. The Kier molecular flexibility index (Phi) is 6.94. The molecular formula is C15H19NO5. The molecule has 0 aliphatic heterocycles. The zero-order valence-corrected chi connectivity index (χ0v) is 12.1. The molecule has 0 aromatic heterocycles. The largest absolute Gasteiger partial charge is 0.463 e. The van der Waals surface area contributed by atoms with Gasteiger partial charge in [0, 0.05) is 6.42 Å². The van der Waals surface area contributed by atoms with Crippen molar-refractivity contribution in [3.63, 3.8) is 0 Å². The number of hydrogen-bond acceptors (Lipinski definition) is 5. The summed E-state index contributed by atoms with van der Waals surface area (Å²) in [5, 5.41) is 2.40. The van der Waals surface area contributed by atoms with Gasteiger partial charge in [0.05, 0.1) is 6.61 Å². The van der Waals surface area contributed by atoms with Crippen LogP contribution in [0, 0.1) is 0 Å². The Balaban J connectivity index is 2.65. The monoisotopic (exact) mass is 293 g/mol. The molecule has 0 heterocycles. The van der Waals surface area contributed by atoms with E-state index in [-0.39, 0.29) is 13.0 Å². The zero-order valence-electron chi connectivity index (χ0n) is 12.1. The van der Waals surface area contributed by atoms with Crippen LogP contribution in [-0.2, 0) is 30.3 Å². The molecule has 0 saturated heterocycles. The molecule has 1 N–H and O–H groups in total. The highest BCUT2D eigenvalue weighted by Crippen LogP contribution is 2.06. The quantitative estimate of drug-likeness (QED) is 0.567. The molecule has 0 aliphatic rings. The van der Waals surface area contributed by atoms with Crippen LogP contribution < -0.4 is 5.32 Å². The van der Waals surface area contributed by atoms with Gasteiger partial charge in [-0.1, -0.05) is 30.3 Å². The molecular weight excluding hydrogens is 274 g/mol. The van der Waals surface area contributed by atoms with Crippen LogP contribution in [0.2, 0.25) is 0 Å². The first kappa shape index (κ1) is 16.7. The van der Waals surface area contributed by atoms with Crippen molar-refractivity contribution in [2.24, 2.45) is 0 Å². The SMILES string of the molecule is CCOC(=O)C(C)OC(=O)C(Cc1ccccc1)NC=O. The first-order valence-electron chi connectivity index (χ1n) is 6.69. The predicted molar refractivity (Wildman–Crippen MR) is 75.3 cm³/mol. The van der Waals surface area contributed by atoms with E-state index in [2.05, 4.69) is 5.32 Å². The Labute approximate surface area is 123 Å². The number of benzene rings is 1. The molecule has 0 saturated carbocycles. The van der Waals surface area contributed by atoms with Gasteiger partial charge in [-0.2, -0.15) is 0 Å². The summed E-state index contributed by atoms with van der Waals surface area (Å²) in [6.07, 6.45) is -0.290. The summed E-state index contributed by atoms with van der Waals surface area (Å²) in [5.74, 6) is -1.29. The second kappa shape index (κ2) is 8.73. The number of hydrogen-bond donors (Lipinski definition) is 1. The number of carbonyl (C=O) groups is 3. The Morgan fingerprint density at radius 2 is 1.90 bits per heavy atom. The summed E-state index contributed by atoms with van der Waals surface area (Å²) in [7, 11) is 0. The topological polar surface area (TPSA) is 81.7 Å². The van der Waals surface area contributed by atoms with Crippen molar-refractivity contribution < 1.29 is 23.9 Å². The van der Waals surface area contributed by atoms with Gasteiger partial charge in [0.25, 0.3) is 0 Å². The number of carbonyl (C=O) groups excluding carboxylic acids is 3.